The van der Waals surface area contributed by atoms with Crippen molar-refractivity contribution in [1.82, 2.24) is 4.90 Å². The van der Waals surface area contributed by atoms with Gasteiger partial charge < -0.3 is 10.0 Å². The van der Waals surface area contributed by atoms with Crippen molar-refractivity contribution in [2.24, 2.45) is 0 Å². The number of amides is 1. The van der Waals surface area contributed by atoms with E-state index in [9.17, 15) is 9.90 Å². The van der Waals surface area contributed by atoms with Gasteiger partial charge >= 0.3 is 0 Å². The number of rotatable bonds is 2. The van der Waals surface area contributed by atoms with Gasteiger partial charge in [0.2, 0.25) is 5.91 Å². The van der Waals surface area contributed by atoms with Gasteiger partial charge in [-0.3, -0.25) is 4.79 Å². The summed E-state index contributed by atoms with van der Waals surface area (Å²) in [6.07, 6.45) is 1.02. The summed E-state index contributed by atoms with van der Waals surface area (Å²) in [5, 5.41) is 10.5. The van der Waals surface area contributed by atoms with E-state index >= 15 is 0 Å². The molecule has 92 valence electrons. The van der Waals surface area contributed by atoms with E-state index in [1.807, 2.05) is 12.1 Å². The van der Waals surface area contributed by atoms with Crippen molar-refractivity contribution in [2.75, 3.05) is 13.1 Å². The van der Waals surface area contributed by atoms with Gasteiger partial charge in [0, 0.05) is 18.1 Å². The molecule has 1 N–H and O–H groups in total. The van der Waals surface area contributed by atoms with Crippen molar-refractivity contribution in [3.63, 3.8) is 0 Å². The number of halogens is 1. The Balaban J connectivity index is 1.96. The molecular weight excluding hydrogens is 238 g/mol. The van der Waals surface area contributed by atoms with Crippen LogP contribution in [-0.2, 0) is 11.2 Å². The average molecular weight is 254 g/mol. The maximum Gasteiger partial charge on any atom is 0.227 e. The fourth-order valence-corrected chi connectivity index (χ4v) is 2.17. The van der Waals surface area contributed by atoms with Crippen LogP contribution in [-0.4, -0.2) is 34.6 Å². The first-order valence-corrected chi connectivity index (χ1v) is 6.09. The number of likely N-dealkylation sites (tertiary alicyclic amines) is 1. The molecule has 0 spiro atoms. The third-order valence-corrected chi connectivity index (χ3v) is 3.33. The Kier molecular flexibility index (Phi) is 3.40. The van der Waals surface area contributed by atoms with E-state index in [0.29, 0.717) is 31.0 Å². The molecule has 0 radical (unpaired) electrons. The predicted octanol–water partition coefficient (Wildman–Crippen LogP) is 1.87. The van der Waals surface area contributed by atoms with E-state index in [2.05, 4.69) is 0 Å². The van der Waals surface area contributed by atoms with Gasteiger partial charge in [0.1, 0.15) is 0 Å². The third-order valence-electron chi connectivity index (χ3n) is 3.07. The minimum absolute atomic E-state index is 0.0603. The van der Waals surface area contributed by atoms with Crippen LogP contribution in [0.15, 0.2) is 24.3 Å². The molecule has 1 unspecified atom stereocenters. The summed E-state index contributed by atoms with van der Waals surface area (Å²) in [4.78, 5) is 13.7. The van der Waals surface area contributed by atoms with E-state index in [4.69, 9.17) is 11.6 Å². The minimum atomic E-state index is -0.727. The van der Waals surface area contributed by atoms with E-state index in [1.54, 1.807) is 24.0 Å². The summed E-state index contributed by atoms with van der Waals surface area (Å²) in [6.45, 7) is 2.83. The number of hydrogen-bond acceptors (Lipinski definition) is 2. The molecule has 0 saturated carbocycles. The normalized spacial score (nSPS) is 24.1. The Morgan fingerprint density at radius 1 is 1.47 bits per heavy atom. The summed E-state index contributed by atoms with van der Waals surface area (Å²) in [5.41, 5.74) is 0.223. The highest BCUT2D eigenvalue weighted by Gasteiger charge is 2.33. The summed E-state index contributed by atoms with van der Waals surface area (Å²) >= 11 is 5.78. The Bertz CT molecular complexity index is 414. The highest BCUT2D eigenvalue weighted by molar-refractivity contribution is 6.30. The molecule has 1 aliphatic rings. The molecule has 1 atom stereocenters. The van der Waals surface area contributed by atoms with Gasteiger partial charge in [0.05, 0.1) is 12.0 Å². The summed E-state index contributed by atoms with van der Waals surface area (Å²) in [5.74, 6) is 0.0603. The van der Waals surface area contributed by atoms with Crippen LogP contribution in [0, 0.1) is 0 Å². The second-order valence-electron chi connectivity index (χ2n) is 4.87. The molecule has 2 rings (SSSR count). The zero-order chi connectivity index (χ0) is 12.5. The van der Waals surface area contributed by atoms with Gasteiger partial charge in [-0.05, 0) is 31.0 Å². The highest BCUT2D eigenvalue weighted by Crippen LogP contribution is 2.21. The topological polar surface area (TPSA) is 40.5 Å². The lowest BCUT2D eigenvalue weighted by Crippen LogP contribution is -2.34. The van der Waals surface area contributed by atoms with Crippen LogP contribution in [0.25, 0.3) is 0 Å². The van der Waals surface area contributed by atoms with Crippen molar-refractivity contribution in [1.29, 1.82) is 0 Å². The van der Waals surface area contributed by atoms with Crippen LogP contribution in [0.4, 0.5) is 0 Å². The van der Waals surface area contributed by atoms with Gasteiger partial charge in [-0.15, -0.1) is 0 Å². The maximum absolute atomic E-state index is 12.0. The molecule has 1 aromatic rings. The second kappa shape index (κ2) is 4.67. The first-order valence-electron chi connectivity index (χ1n) is 5.71. The van der Waals surface area contributed by atoms with Gasteiger partial charge in [-0.2, -0.15) is 0 Å². The molecular formula is C13H16ClNO2. The predicted molar refractivity (Wildman–Crippen MR) is 67.0 cm³/mol. The molecule has 0 aliphatic carbocycles. The number of carbonyl (C=O) groups is 1. The molecule has 1 amide bonds. The van der Waals surface area contributed by atoms with Crippen LogP contribution >= 0.6 is 11.6 Å². The van der Waals surface area contributed by atoms with Gasteiger partial charge in [-0.1, -0.05) is 23.7 Å². The van der Waals surface area contributed by atoms with Crippen LogP contribution < -0.4 is 0 Å². The van der Waals surface area contributed by atoms with Gasteiger partial charge in [0.25, 0.3) is 0 Å². The van der Waals surface area contributed by atoms with Gasteiger partial charge in [0.15, 0.2) is 0 Å². The summed E-state index contributed by atoms with van der Waals surface area (Å²) in [7, 11) is 0. The fourth-order valence-electron chi connectivity index (χ4n) is 2.05. The highest BCUT2D eigenvalue weighted by atomic mass is 35.5. The number of nitrogens with zero attached hydrogens (tertiary/aromatic N) is 1. The Morgan fingerprint density at radius 2 is 2.12 bits per heavy atom. The minimum Gasteiger partial charge on any atom is -0.388 e. The lowest BCUT2D eigenvalue weighted by molar-refractivity contribution is -0.130. The average Bonchev–Trinajstić information content (AvgIpc) is 2.62. The van der Waals surface area contributed by atoms with Crippen molar-refractivity contribution in [2.45, 2.75) is 25.4 Å². The zero-order valence-electron chi connectivity index (χ0n) is 9.82. The standard InChI is InChI=1S/C13H16ClNO2/c1-13(17)6-7-15(9-13)12(16)8-10-2-4-11(14)5-3-10/h2-5,17H,6-9H2,1H3. The van der Waals surface area contributed by atoms with Crippen LogP contribution in [0.5, 0.6) is 0 Å². The molecule has 1 aromatic carbocycles. The molecule has 4 heteroatoms. The smallest absolute Gasteiger partial charge is 0.227 e. The van der Waals surface area contributed by atoms with Gasteiger partial charge in [-0.25, -0.2) is 0 Å². The number of aliphatic hydroxyl groups is 1. The molecule has 1 heterocycles. The monoisotopic (exact) mass is 253 g/mol. The van der Waals surface area contributed by atoms with E-state index in [1.165, 1.54) is 0 Å². The van der Waals surface area contributed by atoms with Crippen LogP contribution in [0.2, 0.25) is 5.02 Å². The summed E-state index contributed by atoms with van der Waals surface area (Å²) in [6, 6.07) is 7.28. The maximum atomic E-state index is 12.0. The number of hydrogen-bond donors (Lipinski definition) is 1. The van der Waals surface area contributed by atoms with Crippen LogP contribution in [0.3, 0.4) is 0 Å². The van der Waals surface area contributed by atoms with Crippen molar-refractivity contribution in [3.8, 4) is 0 Å². The zero-order valence-corrected chi connectivity index (χ0v) is 10.6. The van der Waals surface area contributed by atoms with Crippen molar-refractivity contribution >= 4 is 17.5 Å². The summed E-state index contributed by atoms with van der Waals surface area (Å²) < 4.78 is 0. The largest absolute Gasteiger partial charge is 0.388 e. The van der Waals surface area contributed by atoms with Crippen molar-refractivity contribution in [3.05, 3.63) is 34.9 Å². The first-order chi connectivity index (χ1) is 7.96. The fraction of sp³-hybridized carbons (Fsp3) is 0.462. The molecule has 1 saturated heterocycles. The quantitative estimate of drug-likeness (QED) is 0.874. The number of benzene rings is 1. The lowest BCUT2D eigenvalue weighted by Gasteiger charge is -2.19. The number of carbonyl (C=O) groups excluding carboxylic acids is 1. The number of β-amino-alcohol motifs (C(OH)–C–C–N with tert-alkyl or cyclic N) is 1. The molecule has 0 aromatic heterocycles. The van der Waals surface area contributed by atoms with E-state index < -0.39 is 5.60 Å². The second-order valence-corrected chi connectivity index (χ2v) is 5.30. The molecule has 1 aliphatic heterocycles. The Morgan fingerprint density at radius 3 is 2.65 bits per heavy atom. The lowest BCUT2D eigenvalue weighted by atomic mass is 10.1. The first kappa shape index (κ1) is 12.4. The molecule has 3 nitrogen and oxygen atoms in total. The molecule has 17 heavy (non-hydrogen) atoms. The van der Waals surface area contributed by atoms with E-state index in [-0.39, 0.29) is 5.91 Å². The molecule has 0 bridgehead atoms. The van der Waals surface area contributed by atoms with Crippen LogP contribution in [0.1, 0.15) is 18.9 Å². The Hall–Kier alpha value is -1.06. The SMILES string of the molecule is CC1(O)CCN(C(=O)Cc2ccc(Cl)cc2)C1. The Labute approximate surface area is 106 Å². The molecule has 1 fully saturated rings. The third kappa shape index (κ3) is 3.20. The van der Waals surface area contributed by atoms with Crippen molar-refractivity contribution < 1.29 is 9.90 Å². The van der Waals surface area contributed by atoms with E-state index in [0.717, 1.165) is 5.56 Å².